The second-order valence-electron chi connectivity index (χ2n) is 6.52. The fraction of sp³-hybridized carbons (Fsp3) is 0.667. The molecule has 0 atom stereocenters. The van der Waals surface area contributed by atoms with Crippen LogP contribution in [0.5, 0.6) is 0 Å². The summed E-state index contributed by atoms with van der Waals surface area (Å²) in [4.78, 5) is 1.21. The van der Waals surface area contributed by atoms with Gasteiger partial charge in [0.25, 0.3) is 0 Å². The van der Waals surface area contributed by atoms with E-state index in [9.17, 15) is 0 Å². The highest BCUT2D eigenvalue weighted by molar-refractivity contribution is 8.23. The maximum absolute atomic E-state index is 5.37. The van der Waals surface area contributed by atoms with E-state index in [-0.39, 0.29) is 0 Å². The molecule has 0 unspecified atom stereocenters. The first-order valence-corrected chi connectivity index (χ1v) is 11.1. The molecule has 0 spiro atoms. The quantitative estimate of drug-likeness (QED) is 0.210. The Balaban J connectivity index is 1.81. The normalized spacial score (nSPS) is 10.7. The Morgan fingerprint density at radius 1 is 0.792 bits per heavy atom. The molecule has 1 aromatic carbocycles. The number of thioether (sulfide) groups is 1. The van der Waals surface area contributed by atoms with E-state index in [0.29, 0.717) is 0 Å². The van der Waals surface area contributed by atoms with Gasteiger partial charge in [-0.2, -0.15) is 0 Å². The minimum Gasteiger partial charge on any atom is -0.371 e. The van der Waals surface area contributed by atoms with Crippen LogP contribution < -0.4 is 5.32 Å². The predicted octanol–water partition coefficient (Wildman–Crippen LogP) is 7.35. The molecule has 0 fully saturated rings. The van der Waals surface area contributed by atoms with Crippen molar-refractivity contribution in [3.8, 4) is 0 Å². The molecular weight excluding hydrogens is 330 g/mol. The van der Waals surface area contributed by atoms with E-state index < -0.39 is 0 Å². The molecule has 24 heavy (non-hydrogen) atoms. The lowest BCUT2D eigenvalue weighted by Gasteiger charge is -2.07. The Morgan fingerprint density at radius 3 is 1.83 bits per heavy atom. The summed E-state index contributed by atoms with van der Waals surface area (Å²) in [5.41, 5.74) is 0. The lowest BCUT2D eigenvalue weighted by molar-refractivity contribution is 0.543. The van der Waals surface area contributed by atoms with Gasteiger partial charge >= 0.3 is 0 Å². The zero-order chi connectivity index (χ0) is 17.3. The predicted molar refractivity (Wildman–Crippen MR) is 114 cm³/mol. The number of rotatable bonds is 14. The number of thiocarbonyl (C=S) groups is 1. The molecule has 0 amide bonds. The molecule has 1 rings (SSSR count). The summed E-state index contributed by atoms with van der Waals surface area (Å²) in [6, 6.07) is 10.3. The molecule has 0 saturated carbocycles. The Labute approximate surface area is 159 Å². The average molecular weight is 366 g/mol. The van der Waals surface area contributed by atoms with Crippen LogP contribution in [0.15, 0.2) is 35.2 Å². The molecular formula is C21H35NS2. The van der Waals surface area contributed by atoms with Crippen LogP contribution in [0.25, 0.3) is 0 Å². The Morgan fingerprint density at radius 2 is 1.29 bits per heavy atom. The van der Waals surface area contributed by atoms with Gasteiger partial charge in [0.15, 0.2) is 0 Å². The van der Waals surface area contributed by atoms with Gasteiger partial charge in [-0.05, 0) is 18.6 Å². The van der Waals surface area contributed by atoms with E-state index in [1.807, 2.05) is 6.07 Å². The Bertz CT molecular complexity index is 406. The molecule has 3 heteroatoms. The van der Waals surface area contributed by atoms with Gasteiger partial charge in [-0.25, -0.2) is 0 Å². The van der Waals surface area contributed by atoms with Crippen LogP contribution in [0.4, 0.5) is 0 Å². The highest BCUT2D eigenvalue weighted by Crippen LogP contribution is 2.17. The molecule has 0 bridgehead atoms. The van der Waals surface area contributed by atoms with Crippen LogP contribution in [0.2, 0.25) is 0 Å². The van der Waals surface area contributed by atoms with Gasteiger partial charge in [-0.15, -0.1) is 0 Å². The Kier molecular flexibility index (Phi) is 14.3. The van der Waals surface area contributed by atoms with E-state index in [2.05, 4.69) is 36.5 Å². The zero-order valence-electron chi connectivity index (χ0n) is 15.4. The van der Waals surface area contributed by atoms with E-state index in [4.69, 9.17) is 12.2 Å². The Hall–Kier alpha value is -0.540. The maximum atomic E-state index is 5.37. The minimum atomic E-state index is 0.893. The van der Waals surface area contributed by atoms with Crippen LogP contribution in [-0.2, 0) is 0 Å². The molecule has 0 heterocycles. The third-order valence-corrected chi connectivity index (χ3v) is 5.49. The van der Waals surface area contributed by atoms with Crippen molar-refractivity contribution in [3.05, 3.63) is 30.3 Å². The number of hydrogen-bond donors (Lipinski definition) is 1. The number of nitrogens with one attached hydrogen (secondary N) is 1. The first-order valence-electron chi connectivity index (χ1n) is 9.83. The molecule has 0 aliphatic carbocycles. The summed E-state index contributed by atoms with van der Waals surface area (Å²) >= 11 is 7.02. The van der Waals surface area contributed by atoms with Gasteiger partial charge in [0.1, 0.15) is 4.32 Å². The highest BCUT2D eigenvalue weighted by Gasteiger charge is 1.99. The van der Waals surface area contributed by atoms with Crippen molar-refractivity contribution < 1.29 is 0 Å². The third-order valence-electron chi connectivity index (χ3n) is 4.25. The van der Waals surface area contributed by atoms with E-state index in [1.54, 1.807) is 11.8 Å². The smallest absolute Gasteiger partial charge is 0.138 e. The van der Waals surface area contributed by atoms with Crippen molar-refractivity contribution in [1.29, 1.82) is 0 Å². The van der Waals surface area contributed by atoms with Gasteiger partial charge in [0.05, 0.1) is 0 Å². The molecule has 1 N–H and O–H groups in total. The van der Waals surface area contributed by atoms with Crippen LogP contribution in [0, 0.1) is 0 Å². The highest BCUT2D eigenvalue weighted by atomic mass is 32.2. The van der Waals surface area contributed by atoms with Gasteiger partial charge in [-0.3, -0.25) is 0 Å². The van der Waals surface area contributed by atoms with Gasteiger partial charge < -0.3 is 5.32 Å². The summed E-state index contributed by atoms with van der Waals surface area (Å²) in [5, 5.41) is 3.36. The molecule has 0 aromatic heterocycles. The van der Waals surface area contributed by atoms with Crippen molar-refractivity contribution in [2.45, 2.75) is 88.9 Å². The summed E-state index contributed by atoms with van der Waals surface area (Å²) in [6.07, 6.45) is 16.7. The van der Waals surface area contributed by atoms with Crippen LogP contribution in [-0.4, -0.2) is 10.9 Å². The van der Waals surface area contributed by atoms with Crippen LogP contribution in [0.1, 0.15) is 84.0 Å². The van der Waals surface area contributed by atoms with Crippen molar-refractivity contribution >= 4 is 28.3 Å². The summed E-state index contributed by atoms with van der Waals surface area (Å²) < 4.78 is 0.893. The third kappa shape index (κ3) is 12.8. The topological polar surface area (TPSA) is 12.0 Å². The van der Waals surface area contributed by atoms with Crippen molar-refractivity contribution in [3.63, 3.8) is 0 Å². The van der Waals surface area contributed by atoms with Gasteiger partial charge in [0, 0.05) is 11.4 Å². The second kappa shape index (κ2) is 16.0. The molecule has 0 radical (unpaired) electrons. The number of hydrogen-bond acceptors (Lipinski definition) is 2. The SMILES string of the molecule is CCCCCCCCCCCCCCNC(=S)Sc1ccccc1. The van der Waals surface area contributed by atoms with E-state index >= 15 is 0 Å². The number of benzene rings is 1. The summed E-state index contributed by atoms with van der Waals surface area (Å²) in [5.74, 6) is 0. The summed E-state index contributed by atoms with van der Waals surface area (Å²) in [6.45, 7) is 3.29. The van der Waals surface area contributed by atoms with E-state index in [0.717, 1.165) is 10.9 Å². The van der Waals surface area contributed by atoms with E-state index in [1.165, 1.54) is 81.9 Å². The first-order chi connectivity index (χ1) is 11.8. The fourth-order valence-electron chi connectivity index (χ4n) is 2.79. The number of unbranched alkanes of at least 4 members (excludes halogenated alkanes) is 11. The minimum absolute atomic E-state index is 0.893. The lowest BCUT2D eigenvalue weighted by Crippen LogP contribution is -2.19. The molecule has 0 saturated heterocycles. The monoisotopic (exact) mass is 365 g/mol. The van der Waals surface area contributed by atoms with Crippen LogP contribution in [0.3, 0.4) is 0 Å². The zero-order valence-corrected chi connectivity index (χ0v) is 17.0. The molecule has 0 aliphatic rings. The molecule has 0 aliphatic heterocycles. The van der Waals surface area contributed by atoms with Crippen LogP contribution >= 0.6 is 24.0 Å². The largest absolute Gasteiger partial charge is 0.371 e. The second-order valence-corrected chi connectivity index (χ2v) is 8.27. The van der Waals surface area contributed by atoms with Crippen molar-refractivity contribution in [1.82, 2.24) is 5.32 Å². The molecule has 1 nitrogen and oxygen atoms in total. The molecule has 1 aromatic rings. The van der Waals surface area contributed by atoms with Crippen molar-refractivity contribution in [2.75, 3.05) is 6.54 Å². The van der Waals surface area contributed by atoms with Crippen molar-refractivity contribution in [2.24, 2.45) is 0 Å². The van der Waals surface area contributed by atoms with Gasteiger partial charge in [-0.1, -0.05) is 120 Å². The molecule has 136 valence electrons. The average Bonchev–Trinajstić information content (AvgIpc) is 2.60. The summed E-state index contributed by atoms with van der Waals surface area (Å²) in [7, 11) is 0. The standard InChI is InChI=1S/C21H35NS2/c1-2-3-4-5-6-7-8-9-10-11-12-16-19-22-21(23)24-20-17-14-13-15-18-20/h13-15,17-18H,2-12,16,19H2,1H3,(H,22,23). The lowest BCUT2D eigenvalue weighted by atomic mass is 10.1. The first kappa shape index (κ1) is 21.5. The van der Waals surface area contributed by atoms with Gasteiger partial charge in [0.2, 0.25) is 0 Å². The fourth-order valence-corrected chi connectivity index (χ4v) is 3.86. The maximum Gasteiger partial charge on any atom is 0.138 e.